The van der Waals surface area contributed by atoms with Gasteiger partial charge in [-0.15, -0.1) is 0 Å². The Morgan fingerprint density at radius 3 is 2.67 bits per heavy atom. The molecule has 0 unspecified atom stereocenters. The molecule has 1 rings (SSSR count). The van der Waals surface area contributed by atoms with Crippen LogP contribution in [0.1, 0.15) is 11.1 Å². The highest BCUT2D eigenvalue weighted by molar-refractivity contribution is 6.27. The molecule has 0 aromatic heterocycles. The van der Waals surface area contributed by atoms with Gasteiger partial charge in [0.05, 0.1) is 7.11 Å². The summed E-state index contributed by atoms with van der Waals surface area (Å²) in [5.41, 5.74) is 3.70. The molecule has 0 amide bonds. The zero-order valence-corrected chi connectivity index (χ0v) is 7.93. The molecule has 12 heavy (non-hydrogen) atoms. The van der Waals surface area contributed by atoms with Crippen LogP contribution in [0, 0.1) is 6.92 Å². The highest BCUT2D eigenvalue weighted by Crippen LogP contribution is 2.19. The molecule has 1 nitrogen and oxygen atoms in total. The maximum Gasteiger partial charge on any atom is 0.121 e. The molecule has 0 fully saturated rings. The van der Waals surface area contributed by atoms with E-state index in [1.807, 2.05) is 31.2 Å². The summed E-state index contributed by atoms with van der Waals surface area (Å²) in [4.78, 5) is 0. The number of hydrogen-bond donors (Lipinski definition) is 0. The van der Waals surface area contributed by atoms with Gasteiger partial charge in [-0.1, -0.05) is 17.7 Å². The normalized spacial score (nSPS) is 10.6. The predicted molar refractivity (Wildman–Crippen MR) is 52.6 cm³/mol. The summed E-state index contributed by atoms with van der Waals surface area (Å²) in [5.74, 6) is 0.904. The first-order valence-corrected chi connectivity index (χ1v) is 4.13. The quantitative estimate of drug-likeness (QED) is 0.683. The molecule has 0 aliphatic heterocycles. The van der Waals surface area contributed by atoms with Crippen LogP contribution in [-0.2, 0) is 0 Å². The van der Waals surface area contributed by atoms with E-state index in [0.29, 0.717) is 0 Å². The molecular formula is C10H11ClO. The number of aryl methyl sites for hydroxylation is 1. The van der Waals surface area contributed by atoms with Crippen LogP contribution in [0.4, 0.5) is 0 Å². The topological polar surface area (TPSA) is 9.23 Å². The lowest BCUT2D eigenvalue weighted by Crippen LogP contribution is -1.86. The molecule has 0 aliphatic carbocycles. The molecule has 0 aliphatic rings. The molecule has 0 atom stereocenters. The van der Waals surface area contributed by atoms with E-state index in [2.05, 4.69) is 0 Å². The van der Waals surface area contributed by atoms with Gasteiger partial charge in [0.2, 0.25) is 0 Å². The predicted octanol–water partition coefficient (Wildman–Crippen LogP) is 3.21. The van der Waals surface area contributed by atoms with Gasteiger partial charge in [-0.25, -0.2) is 0 Å². The average molecular weight is 183 g/mol. The third kappa shape index (κ3) is 2.02. The zero-order valence-electron chi connectivity index (χ0n) is 7.17. The second-order valence-electron chi connectivity index (χ2n) is 2.52. The highest BCUT2D eigenvalue weighted by atomic mass is 35.5. The van der Waals surface area contributed by atoms with E-state index in [4.69, 9.17) is 16.3 Å². The first-order chi connectivity index (χ1) is 5.77. The molecule has 1 aromatic carbocycles. The Kier molecular flexibility index (Phi) is 3.18. The molecule has 0 saturated carbocycles. The third-order valence-corrected chi connectivity index (χ3v) is 1.80. The average Bonchev–Trinajstić information content (AvgIpc) is 2.05. The molecule has 0 radical (unpaired) electrons. The fourth-order valence-electron chi connectivity index (χ4n) is 1.08. The molecule has 0 spiro atoms. The van der Waals surface area contributed by atoms with E-state index in [-0.39, 0.29) is 0 Å². The van der Waals surface area contributed by atoms with Crippen LogP contribution in [0.15, 0.2) is 23.7 Å². The molecule has 2 heteroatoms. The largest absolute Gasteiger partial charge is 0.496 e. The Bertz CT molecular complexity index is 292. The van der Waals surface area contributed by atoms with Gasteiger partial charge in [-0.05, 0) is 36.3 Å². The SMILES string of the molecule is COc1ccc(/C=C/Cl)cc1C. The minimum Gasteiger partial charge on any atom is -0.496 e. The molecule has 0 heterocycles. The van der Waals surface area contributed by atoms with Crippen molar-refractivity contribution in [2.45, 2.75) is 6.92 Å². The number of halogens is 1. The Morgan fingerprint density at radius 2 is 2.17 bits per heavy atom. The Labute approximate surface area is 77.6 Å². The number of methoxy groups -OCH3 is 1. The molecule has 64 valence electrons. The van der Waals surface area contributed by atoms with Crippen LogP contribution in [0.25, 0.3) is 6.08 Å². The van der Waals surface area contributed by atoms with Crippen molar-refractivity contribution in [1.29, 1.82) is 0 Å². The Morgan fingerprint density at radius 1 is 1.42 bits per heavy atom. The smallest absolute Gasteiger partial charge is 0.121 e. The van der Waals surface area contributed by atoms with Gasteiger partial charge in [0.15, 0.2) is 0 Å². The van der Waals surface area contributed by atoms with E-state index >= 15 is 0 Å². The summed E-state index contributed by atoms with van der Waals surface area (Å²) in [7, 11) is 1.67. The third-order valence-electron chi connectivity index (χ3n) is 1.67. The maximum absolute atomic E-state index is 5.45. The van der Waals surface area contributed by atoms with Crippen molar-refractivity contribution in [1.82, 2.24) is 0 Å². The lowest BCUT2D eigenvalue weighted by atomic mass is 10.1. The molecule has 0 N–H and O–H groups in total. The number of hydrogen-bond acceptors (Lipinski definition) is 1. The number of ether oxygens (including phenoxy) is 1. The Balaban J connectivity index is 3.01. The van der Waals surface area contributed by atoms with Crippen molar-refractivity contribution < 1.29 is 4.74 Å². The van der Waals surface area contributed by atoms with Crippen LogP contribution in [0.5, 0.6) is 5.75 Å². The van der Waals surface area contributed by atoms with Crippen LogP contribution < -0.4 is 4.74 Å². The summed E-state index contributed by atoms with van der Waals surface area (Å²) in [5, 5.41) is 0. The summed E-state index contributed by atoms with van der Waals surface area (Å²) in [6.45, 7) is 2.00. The monoisotopic (exact) mass is 182 g/mol. The van der Waals surface area contributed by atoms with E-state index in [1.165, 1.54) is 5.54 Å². The molecular weight excluding hydrogens is 172 g/mol. The first-order valence-electron chi connectivity index (χ1n) is 3.69. The molecule has 0 saturated heterocycles. The summed E-state index contributed by atoms with van der Waals surface area (Å²) >= 11 is 5.45. The van der Waals surface area contributed by atoms with Crippen molar-refractivity contribution in [2.75, 3.05) is 7.11 Å². The molecule has 1 aromatic rings. The van der Waals surface area contributed by atoms with E-state index in [9.17, 15) is 0 Å². The fraction of sp³-hybridized carbons (Fsp3) is 0.200. The molecule has 0 bridgehead atoms. The van der Waals surface area contributed by atoms with Crippen LogP contribution >= 0.6 is 11.6 Å². The number of benzene rings is 1. The van der Waals surface area contributed by atoms with Crippen LogP contribution in [-0.4, -0.2) is 7.11 Å². The van der Waals surface area contributed by atoms with Crippen molar-refractivity contribution in [3.63, 3.8) is 0 Å². The standard InChI is InChI=1S/C10H11ClO/c1-8-7-9(5-6-11)3-4-10(8)12-2/h3-7H,1-2H3/b6-5+. The van der Waals surface area contributed by atoms with Gasteiger partial charge in [-0.3, -0.25) is 0 Å². The van der Waals surface area contributed by atoms with Gasteiger partial charge in [0.25, 0.3) is 0 Å². The van der Waals surface area contributed by atoms with Crippen LogP contribution in [0.3, 0.4) is 0 Å². The van der Waals surface area contributed by atoms with Gasteiger partial charge in [0.1, 0.15) is 5.75 Å². The minimum absolute atomic E-state index is 0.904. The zero-order chi connectivity index (χ0) is 8.97. The second-order valence-corrected chi connectivity index (χ2v) is 2.77. The summed E-state index contributed by atoms with van der Waals surface area (Å²) < 4.78 is 5.12. The Hall–Kier alpha value is -0.950. The lowest BCUT2D eigenvalue weighted by Gasteiger charge is -2.04. The van der Waals surface area contributed by atoms with Crippen molar-refractivity contribution >= 4 is 17.7 Å². The van der Waals surface area contributed by atoms with Gasteiger partial charge < -0.3 is 4.74 Å². The van der Waals surface area contributed by atoms with Crippen LogP contribution in [0.2, 0.25) is 0 Å². The van der Waals surface area contributed by atoms with E-state index < -0.39 is 0 Å². The van der Waals surface area contributed by atoms with Crippen molar-refractivity contribution in [3.05, 3.63) is 34.9 Å². The van der Waals surface area contributed by atoms with Gasteiger partial charge in [-0.2, -0.15) is 0 Å². The van der Waals surface area contributed by atoms with Gasteiger partial charge >= 0.3 is 0 Å². The minimum atomic E-state index is 0.904. The first kappa shape index (κ1) is 9.14. The summed E-state index contributed by atoms with van der Waals surface area (Å²) in [6.07, 6.45) is 1.84. The van der Waals surface area contributed by atoms with Crippen molar-refractivity contribution in [2.24, 2.45) is 0 Å². The maximum atomic E-state index is 5.45. The van der Waals surface area contributed by atoms with E-state index in [1.54, 1.807) is 7.11 Å². The van der Waals surface area contributed by atoms with E-state index in [0.717, 1.165) is 16.9 Å². The van der Waals surface area contributed by atoms with Crippen molar-refractivity contribution in [3.8, 4) is 5.75 Å². The van der Waals surface area contributed by atoms with Gasteiger partial charge in [0, 0.05) is 5.54 Å². The fourth-order valence-corrected chi connectivity index (χ4v) is 1.22. The lowest BCUT2D eigenvalue weighted by molar-refractivity contribution is 0.411. The highest BCUT2D eigenvalue weighted by Gasteiger charge is 1.96. The number of rotatable bonds is 2. The second kappa shape index (κ2) is 4.17. The summed E-state index contributed by atoms with van der Waals surface area (Å²) in [6, 6.07) is 5.92.